The summed E-state index contributed by atoms with van der Waals surface area (Å²) in [6.45, 7) is 3.95. The topological polar surface area (TPSA) is 12.0 Å². The van der Waals surface area contributed by atoms with Crippen LogP contribution >= 0.6 is 12.2 Å². The zero-order valence-electron chi connectivity index (χ0n) is 10.0. The fourth-order valence-electron chi connectivity index (χ4n) is 1.89. The molecule has 86 valence electrons. The Hall–Kier alpha value is -1.67. The van der Waals surface area contributed by atoms with Gasteiger partial charge in [-0.3, -0.25) is 0 Å². The summed E-state index contributed by atoms with van der Waals surface area (Å²) in [4.78, 5) is 0.884. The molecule has 0 bridgehead atoms. The van der Waals surface area contributed by atoms with Crippen LogP contribution in [-0.4, -0.2) is 4.86 Å². The molecule has 0 saturated heterocycles. The molecule has 0 aliphatic rings. The molecule has 0 unspecified atom stereocenters. The van der Waals surface area contributed by atoms with Gasteiger partial charge in [0.15, 0.2) is 0 Å². The summed E-state index contributed by atoms with van der Waals surface area (Å²) >= 11 is 5.07. The van der Waals surface area contributed by atoms with Crippen LogP contribution in [0, 0.1) is 0 Å². The summed E-state index contributed by atoms with van der Waals surface area (Å²) < 4.78 is 0. The van der Waals surface area contributed by atoms with E-state index in [0.717, 1.165) is 16.2 Å². The number of hydrogen-bond donors (Lipinski definition) is 1. The molecular weight excluding hydrogens is 226 g/mol. The number of benzene rings is 2. The van der Waals surface area contributed by atoms with E-state index in [1.807, 2.05) is 19.9 Å². The maximum absolute atomic E-state index is 5.07. The first-order valence-electron chi connectivity index (χ1n) is 5.60. The fourth-order valence-corrected chi connectivity index (χ4v) is 2.06. The van der Waals surface area contributed by atoms with Crippen LogP contribution in [0.25, 0.3) is 10.8 Å². The van der Waals surface area contributed by atoms with E-state index in [1.54, 1.807) is 0 Å². The molecule has 0 radical (unpaired) electrons. The number of hydrogen-bond acceptors (Lipinski definition) is 2. The Morgan fingerprint density at radius 2 is 1.76 bits per heavy atom. The number of rotatable bonds is 3. The molecular formula is C15H15NS. The van der Waals surface area contributed by atoms with Gasteiger partial charge in [-0.05, 0) is 31.4 Å². The Morgan fingerprint density at radius 1 is 1.06 bits per heavy atom. The highest BCUT2D eigenvalue weighted by molar-refractivity contribution is 7.80. The molecule has 1 nitrogen and oxygen atoms in total. The Labute approximate surface area is 107 Å². The van der Waals surface area contributed by atoms with Crippen molar-refractivity contribution in [3.05, 3.63) is 54.2 Å². The van der Waals surface area contributed by atoms with E-state index >= 15 is 0 Å². The van der Waals surface area contributed by atoms with Crippen LogP contribution in [0.1, 0.15) is 13.8 Å². The first-order valence-corrected chi connectivity index (χ1v) is 6.01. The van der Waals surface area contributed by atoms with Crippen molar-refractivity contribution in [2.75, 3.05) is 5.32 Å². The Kier molecular flexibility index (Phi) is 3.55. The smallest absolute Gasteiger partial charge is 0.0461 e. The average Bonchev–Trinajstić information content (AvgIpc) is 2.28. The molecule has 0 heterocycles. The van der Waals surface area contributed by atoms with E-state index < -0.39 is 0 Å². The standard InChI is InChI=1S/C15H15NS/c1-11(10-12(2)17)16-15-9-5-7-13-6-3-4-8-14(13)15/h3-10,16H,1-2H3/b11-10-. The van der Waals surface area contributed by atoms with E-state index in [4.69, 9.17) is 12.2 Å². The van der Waals surface area contributed by atoms with Gasteiger partial charge in [0.05, 0.1) is 0 Å². The minimum atomic E-state index is 0.884. The zero-order valence-corrected chi connectivity index (χ0v) is 10.8. The van der Waals surface area contributed by atoms with Crippen molar-refractivity contribution in [2.45, 2.75) is 13.8 Å². The van der Waals surface area contributed by atoms with Crippen molar-refractivity contribution < 1.29 is 0 Å². The molecule has 0 aliphatic carbocycles. The van der Waals surface area contributed by atoms with Crippen LogP contribution in [0.15, 0.2) is 54.2 Å². The second-order valence-corrected chi connectivity index (χ2v) is 4.73. The van der Waals surface area contributed by atoms with Crippen LogP contribution in [0.3, 0.4) is 0 Å². The molecule has 0 aliphatic heterocycles. The van der Waals surface area contributed by atoms with Gasteiger partial charge in [0.2, 0.25) is 0 Å². The van der Waals surface area contributed by atoms with E-state index in [1.165, 1.54) is 10.8 Å². The third kappa shape index (κ3) is 2.92. The van der Waals surface area contributed by atoms with Crippen molar-refractivity contribution in [1.82, 2.24) is 0 Å². The summed E-state index contributed by atoms with van der Waals surface area (Å²) in [6, 6.07) is 14.6. The number of thiocarbonyl (C=S) groups is 1. The SMILES string of the molecule is CC(=S)/C=C(/C)Nc1cccc2ccccc12. The maximum atomic E-state index is 5.07. The van der Waals surface area contributed by atoms with Crippen LogP contribution in [0.5, 0.6) is 0 Å². The molecule has 2 aromatic rings. The van der Waals surface area contributed by atoms with Crippen LogP contribution < -0.4 is 5.32 Å². The Balaban J connectivity index is 2.39. The van der Waals surface area contributed by atoms with Crippen LogP contribution in [0.2, 0.25) is 0 Å². The second kappa shape index (κ2) is 5.11. The molecule has 0 atom stereocenters. The highest BCUT2D eigenvalue weighted by Gasteiger charge is 1.99. The van der Waals surface area contributed by atoms with Crippen molar-refractivity contribution in [3.63, 3.8) is 0 Å². The van der Waals surface area contributed by atoms with Crippen molar-refractivity contribution in [3.8, 4) is 0 Å². The van der Waals surface area contributed by atoms with E-state index in [9.17, 15) is 0 Å². The van der Waals surface area contributed by atoms with Crippen molar-refractivity contribution in [1.29, 1.82) is 0 Å². The molecule has 0 saturated carbocycles. The normalized spacial score (nSPS) is 11.5. The van der Waals surface area contributed by atoms with Gasteiger partial charge in [-0.15, -0.1) is 0 Å². The number of fused-ring (bicyclic) bond motifs is 1. The van der Waals surface area contributed by atoms with Gasteiger partial charge in [0.1, 0.15) is 0 Å². The van der Waals surface area contributed by atoms with Gasteiger partial charge in [-0.2, -0.15) is 0 Å². The first kappa shape index (κ1) is 11.8. The monoisotopic (exact) mass is 241 g/mol. The number of nitrogens with one attached hydrogen (secondary N) is 1. The summed E-state index contributed by atoms with van der Waals surface area (Å²) in [7, 11) is 0. The third-order valence-corrected chi connectivity index (χ3v) is 2.66. The van der Waals surface area contributed by atoms with Gasteiger partial charge in [0.25, 0.3) is 0 Å². The van der Waals surface area contributed by atoms with Crippen molar-refractivity contribution in [2.24, 2.45) is 0 Å². The lowest BCUT2D eigenvalue weighted by Gasteiger charge is -2.09. The number of allylic oxidation sites excluding steroid dienone is 2. The minimum absolute atomic E-state index is 0.884. The lowest BCUT2D eigenvalue weighted by atomic mass is 10.1. The summed E-state index contributed by atoms with van der Waals surface area (Å²) in [6.07, 6.45) is 1.97. The second-order valence-electron chi connectivity index (χ2n) is 4.09. The van der Waals surface area contributed by atoms with Crippen molar-refractivity contribution >= 4 is 33.5 Å². The third-order valence-electron chi connectivity index (χ3n) is 2.54. The maximum Gasteiger partial charge on any atom is 0.0461 e. The molecule has 17 heavy (non-hydrogen) atoms. The summed E-state index contributed by atoms with van der Waals surface area (Å²) in [5.74, 6) is 0. The first-order chi connectivity index (χ1) is 8.16. The highest BCUT2D eigenvalue weighted by Crippen LogP contribution is 2.23. The Morgan fingerprint density at radius 3 is 2.53 bits per heavy atom. The van der Waals surface area contributed by atoms with Gasteiger partial charge < -0.3 is 5.32 Å². The quantitative estimate of drug-likeness (QED) is 0.625. The average molecular weight is 241 g/mol. The minimum Gasteiger partial charge on any atom is -0.359 e. The predicted molar refractivity (Wildman–Crippen MR) is 79.6 cm³/mol. The summed E-state index contributed by atoms with van der Waals surface area (Å²) in [5, 5.41) is 5.86. The molecule has 2 rings (SSSR count). The number of anilines is 1. The van der Waals surface area contributed by atoms with E-state index in [0.29, 0.717) is 0 Å². The van der Waals surface area contributed by atoms with E-state index in [-0.39, 0.29) is 0 Å². The largest absolute Gasteiger partial charge is 0.359 e. The van der Waals surface area contributed by atoms with Gasteiger partial charge in [0, 0.05) is 21.6 Å². The van der Waals surface area contributed by atoms with Gasteiger partial charge in [-0.25, -0.2) is 0 Å². The molecule has 0 amide bonds. The fraction of sp³-hybridized carbons (Fsp3) is 0.133. The van der Waals surface area contributed by atoms with Crippen LogP contribution in [0.4, 0.5) is 5.69 Å². The van der Waals surface area contributed by atoms with Crippen LogP contribution in [-0.2, 0) is 0 Å². The molecule has 0 spiro atoms. The molecule has 2 heteroatoms. The van der Waals surface area contributed by atoms with Gasteiger partial charge >= 0.3 is 0 Å². The highest BCUT2D eigenvalue weighted by atomic mass is 32.1. The lowest BCUT2D eigenvalue weighted by molar-refractivity contribution is 1.40. The molecule has 0 fully saturated rings. The molecule has 1 N–H and O–H groups in total. The zero-order chi connectivity index (χ0) is 12.3. The lowest BCUT2D eigenvalue weighted by Crippen LogP contribution is -1.98. The molecule has 0 aromatic heterocycles. The van der Waals surface area contributed by atoms with E-state index in [2.05, 4.69) is 47.8 Å². The Bertz CT molecular complexity index is 579. The predicted octanol–water partition coefficient (Wildman–Crippen LogP) is 4.55. The molecule has 2 aromatic carbocycles. The van der Waals surface area contributed by atoms with Gasteiger partial charge in [-0.1, -0.05) is 48.6 Å². The summed E-state index contributed by atoms with van der Waals surface area (Å²) in [5.41, 5.74) is 2.18.